The van der Waals surface area contributed by atoms with Crippen LogP contribution in [0.2, 0.25) is 0 Å². The zero-order valence-electron chi connectivity index (χ0n) is 12.6. The lowest BCUT2D eigenvalue weighted by Crippen LogP contribution is -2.28. The van der Waals surface area contributed by atoms with Gasteiger partial charge in [0.2, 0.25) is 0 Å². The van der Waals surface area contributed by atoms with Crippen LogP contribution in [0, 0.1) is 13.8 Å². The normalized spacial score (nSPS) is 11.6. The van der Waals surface area contributed by atoms with Crippen LogP contribution < -0.4 is 9.62 Å². The molecule has 0 radical (unpaired) electrons. The maximum Gasteiger partial charge on any atom is 0.267 e. The van der Waals surface area contributed by atoms with Crippen LogP contribution >= 0.6 is 0 Å². The zero-order chi connectivity index (χ0) is 15.6. The minimum absolute atomic E-state index is 0.237. The summed E-state index contributed by atoms with van der Waals surface area (Å²) < 4.78 is 27.0. The molecule has 0 saturated carbocycles. The SMILES string of the molecule is CNCc1n[nH]c(C)c1S(=O)(=O)N(C)c1cccc(C)c1. The van der Waals surface area contributed by atoms with Crippen molar-refractivity contribution in [2.45, 2.75) is 25.3 Å². The van der Waals surface area contributed by atoms with E-state index in [0.29, 0.717) is 23.6 Å². The van der Waals surface area contributed by atoms with Gasteiger partial charge >= 0.3 is 0 Å². The molecule has 0 aliphatic heterocycles. The monoisotopic (exact) mass is 308 g/mol. The number of nitrogens with zero attached hydrogens (tertiary/aromatic N) is 2. The molecule has 0 atom stereocenters. The summed E-state index contributed by atoms with van der Waals surface area (Å²) in [5.74, 6) is 0. The molecule has 21 heavy (non-hydrogen) atoms. The van der Waals surface area contributed by atoms with Gasteiger partial charge in [0.15, 0.2) is 0 Å². The molecule has 0 saturated heterocycles. The number of anilines is 1. The van der Waals surface area contributed by atoms with E-state index in [0.717, 1.165) is 5.56 Å². The van der Waals surface area contributed by atoms with Crippen LogP contribution in [0.3, 0.4) is 0 Å². The summed E-state index contributed by atoms with van der Waals surface area (Å²) in [6, 6.07) is 7.38. The molecular formula is C14H20N4O2S. The number of aromatic amines is 1. The van der Waals surface area contributed by atoms with E-state index < -0.39 is 10.0 Å². The average Bonchev–Trinajstić information content (AvgIpc) is 2.80. The van der Waals surface area contributed by atoms with Crippen LogP contribution in [-0.4, -0.2) is 32.7 Å². The Bertz CT molecular complexity index is 737. The number of aromatic nitrogens is 2. The molecule has 0 unspecified atom stereocenters. The summed E-state index contributed by atoms with van der Waals surface area (Å²) in [5.41, 5.74) is 2.68. The van der Waals surface area contributed by atoms with E-state index in [9.17, 15) is 8.42 Å². The first kappa shape index (κ1) is 15.5. The molecular weight excluding hydrogens is 288 g/mol. The molecule has 0 amide bonds. The molecule has 0 spiro atoms. The fraction of sp³-hybridized carbons (Fsp3) is 0.357. The quantitative estimate of drug-likeness (QED) is 0.879. The summed E-state index contributed by atoms with van der Waals surface area (Å²) in [6.45, 7) is 4.03. The third-order valence-electron chi connectivity index (χ3n) is 3.29. The predicted molar refractivity (Wildman–Crippen MR) is 82.9 cm³/mol. The van der Waals surface area contributed by atoms with Gasteiger partial charge in [-0.3, -0.25) is 9.40 Å². The van der Waals surface area contributed by atoms with Gasteiger partial charge in [0.1, 0.15) is 4.90 Å². The Morgan fingerprint density at radius 1 is 1.33 bits per heavy atom. The topological polar surface area (TPSA) is 78.1 Å². The Morgan fingerprint density at radius 3 is 2.67 bits per heavy atom. The first-order chi connectivity index (χ1) is 9.87. The van der Waals surface area contributed by atoms with E-state index in [1.54, 1.807) is 27.1 Å². The van der Waals surface area contributed by atoms with Crippen molar-refractivity contribution in [2.75, 3.05) is 18.4 Å². The molecule has 1 aromatic heterocycles. The fourth-order valence-corrected chi connectivity index (χ4v) is 3.71. The highest BCUT2D eigenvalue weighted by molar-refractivity contribution is 7.92. The summed E-state index contributed by atoms with van der Waals surface area (Å²) in [7, 11) is -0.339. The van der Waals surface area contributed by atoms with Gasteiger partial charge in [-0.2, -0.15) is 5.10 Å². The Balaban J connectivity index is 2.49. The van der Waals surface area contributed by atoms with Crippen molar-refractivity contribution in [1.82, 2.24) is 15.5 Å². The lowest BCUT2D eigenvalue weighted by atomic mass is 10.2. The van der Waals surface area contributed by atoms with E-state index in [4.69, 9.17) is 0 Å². The largest absolute Gasteiger partial charge is 0.314 e. The smallest absolute Gasteiger partial charge is 0.267 e. The van der Waals surface area contributed by atoms with E-state index in [-0.39, 0.29) is 4.90 Å². The summed E-state index contributed by atoms with van der Waals surface area (Å²) in [5, 5.41) is 9.75. The highest BCUT2D eigenvalue weighted by atomic mass is 32.2. The van der Waals surface area contributed by atoms with Gasteiger partial charge in [-0.25, -0.2) is 8.42 Å². The van der Waals surface area contributed by atoms with Gasteiger partial charge in [0, 0.05) is 13.6 Å². The van der Waals surface area contributed by atoms with Crippen LogP contribution in [0.15, 0.2) is 29.2 Å². The maximum atomic E-state index is 12.9. The molecule has 2 rings (SSSR count). The highest BCUT2D eigenvalue weighted by Gasteiger charge is 2.28. The Labute approximate surface area is 125 Å². The van der Waals surface area contributed by atoms with Crippen molar-refractivity contribution in [2.24, 2.45) is 0 Å². The van der Waals surface area contributed by atoms with Gasteiger partial charge in [0.25, 0.3) is 10.0 Å². The Hall–Kier alpha value is -1.86. The lowest BCUT2D eigenvalue weighted by Gasteiger charge is -2.20. The molecule has 7 heteroatoms. The van der Waals surface area contributed by atoms with Gasteiger partial charge < -0.3 is 5.32 Å². The maximum absolute atomic E-state index is 12.9. The molecule has 0 aliphatic rings. The number of nitrogens with one attached hydrogen (secondary N) is 2. The van der Waals surface area contributed by atoms with Gasteiger partial charge in [-0.15, -0.1) is 0 Å². The number of benzene rings is 1. The predicted octanol–water partition coefficient (Wildman–Crippen LogP) is 1.57. The second-order valence-electron chi connectivity index (χ2n) is 4.97. The molecule has 2 aromatic rings. The van der Waals surface area contributed by atoms with Crippen molar-refractivity contribution in [3.05, 3.63) is 41.2 Å². The van der Waals surface area contributed by atoms with Crippen LogP contribution in [0.25, 0.3) is 0 Å². The minimum Gasteiger partial charge on any atom is -0.314 e. The number of rotatable bonds is 5. The van der Waals surface area contributed by atoms with E-state index in [2.05, 4.69) is 15.5 Å². The Morgan fingerprint density at radius 2 is 2.05 bits per heavy atom. The van der Waals surface area contributed by atoms with Crippen LogP contribution in [0.1, 0.15) is 17.0 Å². The van der Waals surface area contributed by atoms with Crippen molar-refractivity contribution >= 4 is 15.7 Å². The second-order valence-corrected chi connectivity index (χ2v) is 6.87. The van der Waals surface area contributed by atoms with Crippen molar-refractivity contribution in [3.8, 4) is 0 Å². The highest BCUT2D eigenvalue weighted by Crippen LogP contribution is 2.26. The first-order valence-electron chi connectivity index (χ1n) is 6.62. The number of sulfonamides is 1. The van der Waals surface area contributed by atoms with Crippen molar-refractivity contribution in [3.63, 3.8) is 0 Å². The van der Waals surface area contributed by atoms with Crippen molar-refractivity contribution < 1.29 is 8.42 Å². The molecule has 1 heterocycles. The van der Waals surface area contributed by atoms with Crippen LogP contribution in [0.5, 0.6) is 0 Å². The standard InChI is InChI=1S/C14H20N4O2S/c1-10-6-5-7-12(8-10)18(4)21(19,20)14-11(2)16-17-13(14)9-15-3/h5-8,15H,9H2,1-4H3,(H,16,17). The number of hydrogen-bond acceptors (Lipinski definition) is 4. The van der Waals surface area contributed by atoms with Crippen LogP contribution in [-0.2, 0) is 16.6 Å². The molecule has 114 valence electrons. The van der Waals surface area contributed by atoms with E-state index in [1.807, 2.05) is 25.1 Å². The zero-order valence-corrected chi connectivity index (χ0v) is 13.5. The van der Waals surface area contributed by atoms with Crippen molar-refractivity contribution in [1.29, 1.82) is 0 Å². The van der Waals surface area contributed by atoms with Gasteiger partial charge in [-0.05, 0) is 38.6 Å². The third-order valence-corrected chi connectivity index (χ3v) is 5.28. The van der Waals surface area contributed by atoms with E-state index in [1.165, 1.54) is 4.31 Å². The molecule has 0 fully saturated rings. The van der Waals surface area contributed by atoms with Crippen LogP contribution in [0.4, 0.5) is 5.69 Å². The fourth-order valence-electron chi connectivity index (χ4n) is 2.20. The summed E-state index contributed by atoms with van der Waals surface area (Å²) in [6.07, 6.45) is 0. The average molecular weight is 308 g/mol. The molecule has 2 N–H and O–H groups in total. The minimum atomic E-state index is -3.65. The Kier molecular flexibility index (Phi) is 4.34. The summed E-state index contributed by atoms with van der Waals surface area (Å²) in [4.78, 5) is 0.237. The van der Waals surface area contributed by atoms with Gasteiger partial charge in [0.05, 0.1) is 17.1 Å². The third kappa shape index (κ3) is 2.93. The molecule has 6 nitrogen and oxygen atoms in total. The lowest BCUT2D eigenvalue weighted by molar-refractivity contribution is 0.591. The first-order valence-corrected chi connectivity index (χ1v) is 8.06. The van der Waals surface area contributed by atoms with Gasteiger partial charge in [-0.1, -0.05) is 12.1 Å². The summed E-state index contributed by atoms with van der Waals surface area (Å²) >= 11 is 0. The molecule has 1 aromatic carbocycles. The molecule has 0 bridgehead atoms. The molecule has 0 aliphatic carbocycles. The number of aryl methyl sites for hydroxylation is 2. The second kappa shape index (κ2) is 5.87. The number of hydrogen-bond donors (Lipinski definition) is 2. The van der Waals surface area contributed by atoms with E-state index >= 15 is 0 Å². The number of H-pyrrole nitrogens is 1.